The van der Waals surface area contributed by atoms with Gasteiger partial charge in [-0.05, 0) is 65.0 Å². The molecule has 2 aliphatic rings. The fourth-order valence-corrected chi connectivity index (χ4v) is 3.69. The minimum atomic E-state index is 0.119. The zero-order chi connectivity index (χ0) is 15.0. The SMILES string of the molecule is Cc1noc(C)c1CC(C)NC(=O)C1CC12CCNCC2. The molecular formula is C16H25N3O2. The standard InChI is InChI=1S/C16H25N3O2/c1-10(8-13-11(2)19-21-12(13)3)18-15(20)14-9-16(14)4-6-17-7-5-16/h10,14,17H,4-9H2,1-3H3,(H,18,20). The van der Waals surface area contributed by atoms with Crippen molar-refractivity contribution in [3.05, 3.63) is 17.0 Å². The zero-order valence-corrected chi connectivity index (χ0v) is 13.2. The number of nitrogens with one attached hydrogen (secondary N) is 2. The molecule has 0 aromatic carbocycles. The monoisotopic (exact) mass is 291 g/mol. The Morgan fingerprint density at radius 1 is 1.48 bits per heavy atom. The van der Waals surface area contributed by atoms with E-state index in [1.807, 2.05) is 13.8 Å². The molecule has 1 aliphatic heterocycles. The van der Waals surface area contributed by atoms with Crippen LogP contribution in [0.1, 0.15) is 43.2 Å². The molecule has 1 aliphatic carbocycles. The molecule has 116 valence electrons. The summed E-state index contributed by atoms with van der Waals surface area (Å²) in [7, 11) is 0. The minimum absolute atomic E-state index is 0.119. The third kappa shape index (κ3) is 2.84. The van der Waals surface area contributed by atoms with E-state index >= 15 is 0 Å². The second-order valence-corrected chi connectivity index (χ2v) is 6.79. The van der Waals surface area contributed by atoms with Gasteiger partial charge in [0.05, 0.1) is 5.69 Å². The van der Waals surface area contributed by atoms with Crippen LogP contribution < -0.4 is 10.6 Å². The zero-order valence-electron chi connectivity index (χ0n) is 13.2. The van der Waals surface area contributed by atoms with Crippen LogP contribution in [-0.2, 0) is 11.2 Å². The number of carbonyl (C=O) groups excluding carboxylic acids is 1. The normalized spacial score (nSPS) is 24.8. The van der Waals surface area contributed by atoms with Crippen LogP contribution in [0.15, 0.2) is 4.52 Å². The molecule has 21 heavy (non-hydrogen) atoms. The molecule has 1 aromatic rings. The molecule has 0 radical (unpaired) electrons. The summed E-state index contributed by atoms with van der Waals surface area (Å²) in [6.07, 6.45) is 4.14. The van der Waals surface area contributed by atoms with Gasteiger partial charge < -0.3 is 15.2 Å². The molecule has 1 spiro atoms. The first-order chi connectivity index (χ1) is 10.0. The number of carbonyl (C=O) groups is 1. The maximum Gasteiger partial charge on any atom is 0.223 e. The summed E-state index contributed by atoms with van der Waals surface area (Å²) in [5.74, 6) is 1.32. The van der Waals surface area contributed by atoms with E-state index < -0.39 is 0 Å². The van der Waals surface area contributed by atoms with Gasteiger partial charge in [0.2, 0.25) is 5.91 Å². The molecule has 2 atom stereocenters. The predicted molar refractivity (Wildman–Crippen MR) is 79.9 cm³/mol. The Hall–Kier alpha value is -1.36. The molecule has 1 amide bonds. The van der Waals surface area contributed by atoms with Crippen molar-refractivity contribution in [2.75, 3.05) is 13.1 Å². The number of amides is 1. The molecule has 5 heteroatoms. The lowest BCUT2D eigenvalue weighted by molar-refractivity contribution is -0.123. The molecule has 2 unspecified atom stereocenters. The molecule has 1 saturated carbocycles. The molecule has 2 heterocycles. The van der Waals surface area contributed by atoms with Crippen molar-refractivity contribution in [2.24, 2.45) is 11.3 Å². The highest BCUT2D eigenvalue weighted by molar-refractivity contribution is 5.82. The Bertz CT molecular complexity index is 512. The maximum absolute atomic E-state index is 12.4. The van der Waals surface area contributed by atoms with Gasteiger partial charge in [-0.15, -0.1) is 0 Å². The van der Waals surface area contributed by atoms with Gasteiger partial charge >= 0.3 is 0 Å². The van der Waals surface area contributed by atoms with Gasteiger partial charge in [0.25, 0.3) is 0 Å². The summed E-state index contributed by atoms with van der Waals surface area (Å²) in [5, 5.41) is 10.5. The van der Waals surface area contributed by atoms with Crippen LogP contribution in [0.25, 0.3) is 0 Å². The number of nitrogens with zero attached hydrogens (tertiary/aromatic N) is 1. The van der Waals surface area contributed by atoms with Crippen molar-refractivity contribution in [2.45, 2.75) is 52.5 Å². The number of rotatable bonds is 4. The first kappa shape index (κ1) is 14.6. The van der Waals surface area contributed by atoms with E-state index in [-0.39, 0.29) is 17.9 Å². The Morgan fingerprint density at radius 3 is 2.81 bits per heavy atom. The fraction of sp³-hybridized carbons (Fsp3) is 0.750. The molecule has 2 N–H and O–H groups in total. The third-order valence-corrected chi connectivity index (χ3v) is 5.19. The average molecular weight is 291 g/mol. The number of aryl methyl sites for hydroxylation is 2. The molecular weight excluding hydrogens is 266 g/mol. The second kappa shape index (κ2) is 5.44. The van der Waals surface area contributed by atoms with Gasteiger partial charge in [0.15, 0.2) is 0 Å². The lowest BCUT2D eigenvalue weighted by Gasteiger charge is -2.23. The highest BCUT2D eigenvalue weighted by Crippen LogP contribution is 2.58. The predicted octanol–water partition coefficient (Wildman–Crippen LogP) is 1.73. The topological polar surface area (TPSA) is 67.2 Å². The molecule has 2 fully saturated rings. The van der Waals surface area contributed by atoms with Crippen molar-refractivity contribution < 1.29 is 9.32 Å². The van der Waals surface area contributed by atoms with Gasteiger partial charge in [0, 0.05) is 17.5 Å². The Labute approximate surface area is 125 Å². The van der Waals surface area contributed by atoms with Gasteiger partial charge in [-0.3, -0.25) is 4.79 Å². The molecule has 3 rings (SSSR count). The number of hydrogen-bond acceptors (Lipinski definition) is 4. The van der Waals surface area contributed by atoms with Crippen molar-refractivity contribution in [1.29, 1.82) is 0 Å². The number of piperidine rings is 1. The molecule has 0 bridgehead atoms. The van der Waals surface area contributed by atoms with E-state index in [1.165, 1.54) is 0 Å². The first-order valence-electron chi connectivity index (χ1n) is 7.95. The van der Waals surface area contributed by atoms with Crippen molar-refractivity contribution in [1.82, 2.24) is 15.8 Å². The highest BCUT2D eigenvalue weighted by Gasteiger charge is 2.57. The summed E-state index contributed by atoms with van der Waals surface area (Å²) in [6, 6.07) is 0.119. The lowest BCUT2D eigenvalue weighted by Crippen LogP contribution is -2.38. The van der Waals surface area contributed by atoms with Crippen molar-refractivity contribution in [3.8, 4) is 0 Å². The fourth-order valence-electron chi connectivity index (χ4n) is 3.69. The van der Waals surface area contributed by atoms with E-state index in [4.69, 9.17) is 4.52 Å². The molecule has 1 saturated heterocycles. The van der Waals surface area contributed by atoms with E-state index in [0.29, 0.717) is 5.41 Å². The summed E-state index contributed by atoms with van der Waals surface area (Å²) < 4.78 is 5.18. The van der Waals surface area contributed by atoms with Crippen molar-refractivity contribution in [3.63, 3.8) is 0 Å². The summed E-state index contributed by atoms with van der Waals surface area (Å²) in [4.78, 5) is 12.4. The third-order valence-electron chi connectivity index (χ3n) is 5.19. The van der Waals surface area contributed by atoms with E-state index in [2.05, 4.69) is 22.7 Å². The van der Waals surface area contributed by atoms with E-state index in [1.54, 1.807) is 0 Å². The minimum Gasteiger partial charge on any atom is -0.361 e. The number of aromatic nitrogens is 1. The largest absolute Gasteiger partial charge is 0.361 e. The highest BCUT2D eigenvalue weighted by atomic mass is 16.5. The van der Waals surface area contributed by atoms with E-state index in [0.717, 1.165) is 55.8 Å². The van der Waals surface area contributed by atoms with Gasteiger partial charge in [-0.1, -0.05) is 5.16 Å². The van der Waals surface area contributed by atoms with Gasteiger partial charge in [0.1, 0.15) is 5.76 Å². The second-order valence-electron chi connectivity index (χ2n) is 6.79. The van der Waals surface area contributed by atoms with Crippen LogP contribution in [0.2, 0.25) is 0 Å². The quantitative estimate of drug-likeness (QED) is 0.886. The first-order valence-corrected chi connectivity index (χ1v) is 7.95. The van der Waals surface area contributed by atoms with Crippen LogP contribution in [-0.4, -0.2) is 30.2 Å². The van der Waals surface area contributed by atoms with E-state index in [9.17, 15) is 4.79 Å². The Morgan fingerprint density at radius 2 is 2.19 bits per heavy atom. The van der Waals surface area contributed by atoms with Crippen molar-refractivity contribution >= 4 is 5.91 Å². The Kier molecular flexibility index (Phi) is 3.78. The molecule has 1 aromatic heterocycles. The van der Waals surface area contributed by atoms with Crippen LogP contribution >= 0.6 is 0 Å². The smallest absolute Gasteiger partial charge is 0.223 e. The summed E-state index contributed by atoms with van der Waals surface area (Å²) in [5.41, 5.74) is 2.35. The lowest BCUT2D eigenvalue weighted by atomic mass is 9.91. The van der Waals surface area contributed by atoms with Gasteiger partial charge in [-0.25, -0.2) is 0 Å². The van der Waals surface area contributed by atoms with Crippen LogP contribution in [0.3, 0.4) is 0 Å². The summed E-state index contributed by atoms with van der Waals surface area (Å²) >= 11 is 0. The van der Waals surface area contributed by atoms with Crippen LogP contribution in [0.5, 0.6) is 0 Å². The average Bonchev–Trinajstić information content (AvgIpc) is 3.06. The summed E-state index contributed by atoms with van der Waals surface area (Å²) in [6.45, 7) is 8.04. The van der Waals surface area contributed by atoms with Crippen LogP contribution in [0, 0.1) is 25.2 Å². The number of hydrogen-bond donors (Lipinski definition) is 2. The van der Waals surface area contributed by atoms with Crippen LogP contribution in [0.4, 0.5) is 0 Å². The molecule has 5 nitrogen and oxygen atoms in total. The van der Waals surface area contributed by atoms with Gasteiger partial charge in [-0.2, -0.15) is 0 Å². The maximum atomic E-state index is 12.4. The Balaban J connectivity index is 1.54.